The maximum absolute atomic E-state index is 12.4. The second-order valence-electron chi connectivity index (χ2n) is 11.2. The molecule has 1 atom stereocenters. The maximum Gasteiger partial charge on any atom is 0.410 e. The van der Waals surface area contributed by atoms with E-state index in [1.807, 2.05) is 54.5 Å². The molecule has 1 unspecified atom stereocenters. The van der Waals surface area contributed by atoms with E-state index in [2.05, 4.69) is 55.2 Å². The molecule has 10 heteroatoms. The maximum atomic E-state index is 12.4. The Kier molecular flexibility index (Phi) is 9.66. The van der Waals surface area contributed by atoms with E-state index in [1.165, 1.54) is 10.5 Å². The lowest BCUT2D eigenvalue weighted by Crippen LogP contribution is -2.49. The number of fused-ring (bicyclic) bond motifs is 1. The fourth-order valence-electron chi connectivity index (χ4n) is 5.71. The second-order valence-corrected chi connectivity index (χ2v) is 12.4. The number of piperazine rings is 1. The van der Waals surface area contributed by atoms with Crippen LogP contribution in [0.1, 0.15) is 23.2 Å². The van der Waals surface area contributed by atoms with Crippen molar-refractivity contribution < 1.29 is 9.53 Å². The Morgan fingerprint density at radius 2 is 1.81 bits per heavy atom. The quantitative estimate of drug-likeness (QED) is 0.178. The van der Waals surface area contributed by atoms with Crippen LogP contribution < -0.4 is 5.32 Å². The summed E-state index contributed by atoms with van der Waals surface area (Å²) in [6.07, 6.45) is 8.19. The number of benzene rings is 1. The van der Waals surface area contributed by atoms with Gasteiger partial charge in [-0.3, -0.25) is 19.9 Å². The lowest BCUT2D eigenvalue weighted by atomic mass is 10.2. The molecule has 9 nitrogen and oxygen atoms in total. The molecule has 2 fully saturated rings. The summed E-state index contributed by atoms with van der Waals surface area (Å²) < 4.78 is 5.67. The van der Waals surface area contributed by atoms with Crippen molar-refractivity contribution in [2.75, 3.05) is 56.9 Å². The van der Waals surface area contributed by atoms with Gasteiger partial charge in [0.2, 0.25) is 0 Å². The molecule has 1 aromatic carbocycles. The van der Waals surface area contributed by atoms with Gasteiger partial charge in [-0.1, -0.05) is 18.2 Å². The third kappa shape index (κ3) is 7.81. The van der Waals surface area contributed by atoms with Gasteiger partial charge >= 0.3 is 6.09 Å². The molecule has 0 bridgehead atoms. The van der Waals surface area contributed by atoms with Crippen LogP contribution in [0.25, 0.3) is 10.9 Å². The summed E-state index contributed by atoms with van der Waals surface area (Å²) in [7, 11) is 0. The Labute approximate surface area is 257 Å². The second kappa shape index (κ2) is 14.2. The largest absolute Gasteiger partial charge is 0.443 e. The first-order chi connectivity index (χ1) is 21.1. The zero-order valence-corrected chi connectivity index (χ0v) is 25.5. The smallest absolute Gasteiger partial charge is 0.410 e. The van der Waals surface area contributed by atoms with Crippen LogP contribution in [0.2, 0.25) is 0 Å². The lowest BCUT2D eigenvalue weighted by Gasteiger charge is -2.35. The molecule has 0 aliphatic carbocycles. The lowest BCUT2D eigenvalue weighted by molar-refractivity contribution is 0.0767. The van der Waals surface area contributed by atoms with Crippen LogP contribution in [0.5, 0.6) is 0 Å². The Morgan fingerprint density at radius 1 is 1.00 bits per heavy atom. The van der Waals surface area contributed by atoms with Crippen LogP contribution in [0.3, 0.4) is 0 Å². The summed E-state index contributed by atoms with van der Waals surface area (Å²) in [5.41, 5.74) is 5.40. The van der Waals surface area contributed by atoms with Gasteiger partial charge in [-0.05, 0) is 67.1 Å². The predicted molar refractivity (Wildman–Crippen MR) is 171 cm³/mol. The number of amides is 1. The van der Waals surface area contributed by atoms with Crippen molar-refractivity contribution >= 4 is 34.4 Å². The summed E-state index contributed by atoms with van der Waals surface area (Å²) in [5.74, 6) is 1.08. The van der Waals surface area contributed by atoms with Crippen molar-refractivity contribution in [2.45, 2.75) is 37.4 Å². The van der Waals surface area contributed by atoms with Gasteiger partial charge in [0.05, 0.1) is 36.2 Å². The molecule has 0 saturated carbocycles. The first-order valence-corrected chi connectivity index (χ1v) is 16.0. The number of hydrogen-bond acceptors (Lipinski definition) is 9. The van der Waals surface area contributed by atoms with Crippen molar-refractivity contribution in [1.29, 1.82) is 0 Å². The first kappa shape index (κ1) is 29.3. The summed E-state index contributed by atoms with van der Waals surface area (Å²) >= 11 is 1.92. The Hall–Kier alpha value is -3.73. The van der Waals surface area contributed by atoms with E-state index in [0.717, 1.165) is 79.3 Å². The zero-order chi connectivity index (χ0) is 29.4. The summed E-state index contributed by atoms with van der Waals surface area (Å²) in [5, 5.41) is 4.63. The molecular weight excluding hydrogens is 558 g/mol. The van der Waals surface area contributed by atoms with Crippen LogP contribution >= 0.6 is 11.8 Å². The van der Waals surface area contributed by atoms with Gasteiger partial charge in [-0.15, -0.1) is 11.8 Å². The number of ether oxygens (including phenoxy) is 1. The number of anilines is 1. The van der Waals surface area contributed by atoms with Gasteiger partial charge in [-0.25, -0.2) is 4.79 Å². The van der Waals surface area contributed by atoms with Crippen LogP contribution in [-0.2, 0) is 17.8 Å². The van der Waals surface area contributed by atoms with E-state index in [-0.39, 0.29) is 12.2 Å². The SMILES string of the molecule is Cc1c(SCCCN2CCN(CC3CN(Cc4ccncc4)C(=O)O3)CC2)ccnc1CNc1cnc2ccccc2c1. The highest BCUT2D eigenvalue weighted by atomic mass is 32.2. The number of carbonyl (C=O) groups is 1. The average Bonchev–Trinajstić information content (AvgIpc) is 3.38. The molecule has 0 spiro atoms. The monoisotopic (exact) mass is 597 g/mol. The number of nitrogens with zero attached hydrogens (tertiary/aromatic N) is 6. The highest BCUT2D eigenvalue weighted by Gasteiger charge is 2.33. The molecule has 2 saturated heterocycles. The Bertz CT molecular complexity index is 1510. The molecule has 6 rings (SSSR count). The third-order valence-corrected chi connectivity index (χ3v) is 9.43. The minimum Gasteiger partial charge on any atom is -0.443 e. The number of nitrogens with one attached hydrogen (secondary N) is 1. The van der Waals surface area contributed by atoms with E-state index in [4.69, 9.17) is 4.74 Å². The molecule has 2 aliphatic heterocycles. The summed E-state index contributed by atoms with van der Waals surface area (Å²) in [6.45, 7) is 10.1. The average molecular weight is 598 g/mol. The number of hydrogen-bond donors (Lipinski definition) is 1. The van der Waals surface area contributed by atoms with Crippen molar-refractivity contribution in [3.63, 3.8) is 0 Å². The van der Waals surface area contributed by atoms with Gasteiger partial charge < -0.3 is 19.9 Å². The third-order valence-electron chi connectivity index (χ3n) is 8.18. The molecule has 3 aromatic heterocycles. The number of para-hydroxylation sites is 1. The normalized spacial score (nSPS) is 17.8. The van der Waals surface area contributed by atoms with Gasteiger partial charge in [-0.2, -0.15) is 0 Å². The summed E-state index contributed by atoms with van der Waals surface area (Å²) in [6, 6.07) is 16.3. The predicted octanol–water partition coefficient (Wildman–Crippen LogP) is 5.07. The van der Waals surface area contributed by atoms with E-state index < -0.39 is 0 Å². The fraction of sp³-hybridized carbons (Fsp3) is 0.394. The van der Waals surface area contributed by atoms with E-state index in [0.29, 0.717) is 19.6 Å². The molecule has 4 aromatic rings. The number of cyclic esters (lactones) is 1. The Morgan fingerprint density at radius 3 is 2.67 bits per heavy atom. The number of aromatic nitrogens is 3. The van der Waals surface area contributed by atoms with Crippen LogP contribution in [0, 0.1) is 6.92 Å². The molecule has 224 valence electrons. The van der Waals surface area contributed by atoms with Gasteiger partial charge in [0.15, 0.2) is 0 Å². The van der Waals surface area contributed by atoms with Crippen LogP contribution in [0.4, 0.5) is 10.5 Å². The highest BCUT2D eigenvalue weighted by molar-refractivity contribution is 7.99. The number of pyridine rings is 3. The van der Waals surface area contributed by atoms with E-state index in [1.54, 1.807) is 17.3 Å². The minimum atomic E-state index is -0.215. The zero-order valence-electron chi connectivity index (χ0n) is 24.7. The van der Waals surface area contributed by atoms with Gasteiger partial charge in [0.25, 0.3) is 0 Å². The number of thioether (sulfide) groups is 1. The van der Waals surface area contributed by atoms with Crippen LogP contribution in [-0.4, -0.2) is 93.4 Å². The topological polar surface area (TPSA) is 86.7 Å². The molecule has 5 heterocycles. The fourth-order valence-corrected chi connectivity index (χ4v) is 6.69. The number of rotatable bonds is 12. The molecular formula is C33H39N7O2S. The van der Waals surface area contributed by atoms with Crippen molar-refractivity contribution in [3.05, 3.63) is 90.1 Å². The molecule has 43 heavy (non-hydrogen) atoms. The van der Waals surface area contributed by atoms with Gasteiger partial charge in [0.1, 0.15) is 6.10 Å². The molecule has 0 radical (unpaired) electrons. The van der Waals surface area contributed by atoms with E-state index in [9.17, 15) is 4.79 Å². The van der Waals surface area contributed by atoms with Crippen molar-refractivity contribution in [1.82, 2.24) is 29.7 Å². The van der Waals surface area contributed by atoms with E-state index >= 15 is 0 Å². The van der Waals surface area contributed by atoms with Gasteiger partial charge in [0, 0.05) is 68.1 Å². The molecule has 1 amide bonds. The van der Waals surface area contributed by atoms with Crippen molar-refractivity contribution in [3.8, 4) is 0 Å². The van der Waals surface area contributed by atoms with Crippen LogP contribution in [0.15, 0.2) is 78.2 Å². The number of carbonyl (C=O) groups excluding carboxylic acids is 1. The Balaban J connectivity index is 0.890. The highest BCUT2D eigenvalue weighted by Crippen LogP contribution is 2.25. The molecule has 2 aliphatic rings. The first-order valence-electron chi connectivity index (χ1n) is 15.1. The summed E-state index contributed by atoms with van der Waals surface area (Å²) in [4.78, 5) is 33.7. The molecule has 1 N–H and O–H groups in total. The van der Waals surface area contributed by atoms with Crippen molar-refractivity contribution in [2.24, 2.45) is 0 Å². The standard InChI is InChI=1S/C33H39N7O2S/c1-25-31(21-36-28-19-27-5-2-3-6-30(27)37-20-28)35-12-9-32(25)43-18-4-13-38-14-16-39(17-15-38)23-29-24-40(33(41)42-29)22-26-7-10-34-11-8-26/h2-3,5-12,19-20,29,36H,4,13-18,21-24H2,1H3. The minimum absolute atomic E-state index is 0.0646.